The summed E-state index contributed by atoms with van der Waals surface area (Å²) in [5.74, 6) is 2.23. The van der Waals surface area contributed by atoms with Crippen LogP contribution < -0.4 is 5.32 Å². The number of carbonyl (C=O) groups is 1. The lowest BCUT2D eigenvalue weighted by Gasteiger charge is -2.33. The van der Waals surface area contributed by atoms with Crippen LogP contribution in [0.3, 0.4) is 0 Å². The van der Waals surface area contributed by atoms with E-state index in [2.05, 4.69) is 44.8 Å². The fourth-order valence-corrected chi connectivity index (χ4v) is 4.34. The van der Waals surface area contributed by atoms with E-state index < -0.39 is 0 Å². The van der Waals surface area contributed by atoms with Gasteiger partial charge in [-0.1, -0.05) is 53.9 Å². The van der Waals surface area contributed by atoms with E-state index in [0.717, 1.165) is 32.2 Å². The quantitative estimate of drug-likeness (QED) is 0.808. The maximum Gasteiger partial charge on any atom is 0.244 e. The van der Waals surface area contributed by atoms with E-state index in [0.29, 0.717) is 23.7 Å². The number of hydrogen-bond acceptors (Lipinski definition) is 2. The van der Waals surface area contributed by atoms with Crippen LogP contribution in [0, 0.1) is 17.8 Å². The molecule has 2 aliphatic rings. The van der Waals surface area contributed by atoms with Crippen LogP contribution in [-0.4, -0.2) is 29.1 Å². The molecule has 3 nitrogen and oxygen atoms in total. The van der Waals surface area contributed by atoms with Crippen LogP contribution in [0.2, 0.25) is 0 Å². The van der Waals surface area contributed by atoms with Crippen LogP contribution >= 0.6 is 0 Å². The Bertz CT molecular complexity index is 350. The van der Waals surface area contributed by atoms with Gasteiger partial charge in [0.1, 0.15) is 0 Å². The molecule has 1 aliphatic carbocycles. The first-order chi connectivity index (χ1) is 9.91. The van der Waals surface area contributed by atoms with Crippen molar-refractivity contribution in [1.29, 1.82) is 0 Å². The SMILES string of the molecule is CCCC1NC2(CCCC2)C(=O)N1CC(C(C)C)C(C)C. The van der Waals surface area contributed by atoms with Crippen molar-refractivity contribution in [2.24, 2.45) is 17.8 Å². The van der Waals surface area contributed by atoms with Gasteiger partial charge in [-0.3, -0.25) is 10.1 Å². The zero-order chi connectivity index (χ0) is 15.6. The molecule has 1 atom stereocenters. The van der Waals surface area contributed by atoms with Crippen LogP contribution in [0.15, 0.2) is 0 Å². The summed E-state index contributed by atoms with van der Waals surface area (Å²) in [6.07, 6.45) is 6.95. The molecule has 1 N–H and O–H groups in total. The van der Waals surface area contributed by atoms with Crippen molar-refractivity contribution in [2.75, 3.05) is 6.54 Å². The van der Waals surface area contributed by atoms with Gasteiger partial charge in [-0.25, -0.2) is 0 Å². The third kappa shape index (κ3) is 3.28. The molecule has 21 heavy (non-hydrogen) atoms. The number of hydrogen-bond donors (Lipinski definition) is 1. The van der Waals surface area contributed by atoms with Crippen molar-refractivity contribution in [3.05, 3.63) is 0 Å². The highest BCUT2D eigenvalue weighted by Gasteiger charge is 2.52. The van der Waals surface area contributed by atoms with Gasteiger partial charge in [-0.05, 0) is 37.0 Å². The molecule has 1 heterocycles. The van der Waals surface area contributed by atoms with E-state index in [1.54, 1.807) is 0 Å². The van der Waals surface area contributed by atoms with Crippen molar-refractivity contribution in [2.45, 2.75) is 84.8 Å². The first-order valence-corrected chi connectivity index (χ1v) is 9.00. The minimum Gasteiger partial charge on any atom is -0.325 e. The Morgan fingerprint density at radius 1 is 1.19 bits per heavy atom. The van der Waals surface area contributed by atoms with Crippen molar-refractivity contribution in [3.63, 3.8) is 0 Å². The molecule has 1 saturated heterocycles. The lowest BCUT2D eigenvalue weighted by molar-refractivity contribution is -0.134. The van der Waals surface area contributed by atoms with Crippen LogP contribution in [0.1, 0.15) is 73.1 Å². The maximum absolute atomic E-state index is 13.1. The molecule has 1 spiro atoms. The second kappa shape index (κ2) is 6.68. The summed E-state index contributed by atoms with van der Waals surface area (Å²) >= 11 is 0. The minimum absolute atomic E-state index is 0.210. The molecule has 0 bridgehead atoms. The molecule has 0 radical (unpaired) electrons. The third-order valence-electron chi connectivity index (χ3n) is 5.63. The highest BCUT2D eigenvalue weighted by atomic mass is 16.2. The van der Waals surface area contributed by atoms with Crippen LogP contribution in [-0.2, 0) is 4.79 Å². The molecule has 2 fully saturated rings. The highest BCUT2D eigenvalue weighted by molar-refractivity contribution is 5.89. The lowest BCUT2D eigenvalue weighted by Crippen LogP contribution is -2.45. The number of nitrogens with zero attached hydrogens (tertiary/aromatic N) is 1. The molecule has 1 amide bonds. The molecular formula is C18H34N2O. The van der Waals surface area contributed by atoms with Gasteiger partial charge in [0.05, 0.1) is 11.7 Å². The summed E-state index contributed by atoms with van der Waals surface area (Å²) in [6, 6.07) is 0. The van der Waals surface area contributed by atoms with Gasteiger partial charge in [-0.15, -0.1) is 0 Å². The molecule has 1 aliphatic heterocycles. The summed E-state index contributed by atoms with van der Waals surface area (Å²) in [5, 5.41) is 3.73. The Morgan fingerprint density at radius 3 is 2.24 bits per heavy atom. The van der Waals surface area contributed by atoms with E-state index in [9.17, 15) is 4.79 Å². The average molecular weight is 294 g/mol. The van der Waals surface area contributed by atoms with E-state index in [4.69, 9.17) is 0 Å². The molecule has 2 rings (SSSR count). The Balaban J connectivity index is 2.16. The predicted molar refractivity (Wildman–Crippen MR) is 87.9 cm³/mol. The van der Waals surface area contributed by atoms with E-state index in [-0.39, 0.29) is 11.7 Å². The highest BCUT2D eigenvalue weighted by Crippen LogP contribution is 2.38. The Morgan fingerprint density at radius 2 is 1.76 bits per heavy atom. The summed E-state index contributed by atoms with van der Waals surface area (Å²) in [5.41, 5.74) is -0.210. The van der Waals surface area contributed by atoms with Gasteiger partial charge in [0.25, 0.3) is 0 Å². The molecule has 122 valence electrons. The van der Waals surface area contributed by atoms with Crippen molar-refractivity contribution in [1.82, 2.24) is 10.2 Å². The largest absolute Gasteiger partial charge is 0.325 e. The van der Waals surface area contributed by atoms with Gasteiger partial charge < -0.3 is 4.90 Å². The Labute approximate surface area is 130 Å². The fourth-order valence-electron chi connectivity index (χ4n) is 4.34. The normalized spacial score (nSPS) is 25.2. The number of carbonyl (C=O) groups excluding carboxylic acids is 1. The summed E-state index contributed by atoms with van der Waals surface area (Å²) in [7, 11) is 0. The standard InChI is InChI=1S/C18H34N2O/c1-6-9-16-19-18(10-7-8-11-18)17(21)20(16)12-15(13(2)3)14(4)5/h13-16,19H,6-12H2,1-5H3. The predicted octanol–water partition coefficient (Wildman–Crippen LogP) is 3.79. The second-order valence-electron chi connectivity index (χ2n) is 7.85. The van der Waals surface area contributed by atoms with E-state index >= 15 is 0 Å². The molecule has 3 heteroatoms. The zero-order valence-corrected chi connectivity index (χ0v) is 14.6. The fraction of sp³-hybridized carbons (Fsp3) is 0.944. The van der Waals surface area contributed by atoms with E-state index in [1.807, 2.05) is 0 Å². The monoisotopic (exact) mass is 294 g/mol. The lowest BCUT2D eigenvalue weighted by atomic mass is 9.85. The molecule has 1 saturated carbocycles. The first-order valence-electron chi connectivity index (χ1n) is 9.00. The van der Waals surface area contributed by atoms with Gasteiger partial charge >= 0.3 is 0 Å². The number of nitrogens with one attached hydrogen (secondary N) is 1. The zero-order valence-electron chi connectivity index (χ0n) is 14.6. The third-order valence-corrected chi connectivity index (χ3v) is 5.63. The van der Waals surface area contributed by atoms with Gasteiger partial charge in [-0.2, -0.15) is 0 Å². The van der Waals surface area contributed by atoms with E-state index in [1.165, 1.54) is 12.8 Å². The molecule has 0 aromatic heterocycles. The maximum atomic E-state index is 13.1. The first kappa shape index (κ1) is 16.8. The molecule has 1 unspecified atom stereocenters. The summed E-state index contributed by atoms with van der Waals surface area (Å²) in [6.45, 7) is 12.3. The van der Waals surface area contributed by atoms with Gasteiger partial charge in [0.2, 0.25) is 5.91 Å². The second-order valence-corrected chi connectivity index (χ2v) is 7.85. The van der Waals surface area contributed by atoms with Gasteiger partial charge in [0.15, 0.2) is 0 Å². The Kier molecular flexibility index (Phi) is 5.34. The van der Waals surface area contributed by atoms with Crippen LogP contribution in [0.25, 0.3) is 0 Å². The smallest absolute Gasteiger partial charge is 0.244 e. The summed E-state index contributed by atoms with van der Waals surface area (Å²) < 4.78 is 0. The van der Waals surface area contributed by atoms with Crippen LogP contribution in [0.5, 0.6) is 0 Å². The van der Waals surface area contributed by atoms with Crippen molar-refractivity contribution in [3.8, 4) is 0 Å². The number of amides is 1. The van der Waals surface area contributed by atoms with Crippen LogP contribution in [0.4, 0.5) is 0 Å². The average Bonchev–Trinajstić information content (AvgIpc) is 2.96. The molecular weight excluding hydrogens is 260 g/mol. The topological polar surface area (TPSA) is 32.3 Å². The summed E-state index contributed by atoms with van der Waals surface area (Å²) in [4.78, 5) is 15.3. The number of rotatable bonds is 6. The Hall–Kier alpha value is -0.570. The van der Waals surface area contributed by atoms with Gasteiger partial charge in [0, 0.05) is 6.54 Å². The van der Waals surface area contributed by atoms with Crippen molar-refractivity contribution < 1.29 is 4.79 Å². The molecule has 0 aromatic rings. The minimum atomic E-state index is -0.210. The van der Waals surface area contributed by atoms with Crippen molar-refractivity contribution >= 4 is 5.91 Å². The molecule has 0 aromatic carbocycles.